The molecule has 0 bridgehead atoms. The maximum atomic E-state index is 12.2. The molecule has 0 aromatic carbocycles. The van der Waals surface area contributed by atoms with E-state index >= 15 is 0 Å². The molecule has 0 heterocycles. The van der Waals surface area contributed by atoms with E-state index in [2.05, 4.69) is 13.8 Å². The number of fused-ring (bicyclic) bond motifs is 5. The average Bonchev–Trinajstić information content (AvgIpc) is 2.84. The van der Waals surface area contributed by atoms with Gasteiger partial charge in [-0.25, -0.2) is 0 Å². The molecule has 7 atom stereocenters. The summed E-state index contributed by atoms with van der Waals surface area (Å²) < 4.78 is 0. The fourth-order valence-corrected chi connectivity index (χ4v) is 6.99. The second-order valence-corrected chi connectivity index (χ2v) is 9.04. The van der Waals surface area contributed by atoms with Gasteiger partial charge in [-0.3, -0.25) is 9.59 Å². The summed E-state index contributed by atoms with van der Waals surface area (Å²) in [5.41, 5.74) is 0.935. The lowest BCUT2D eigenvalue weighted by Gasteiger charge is -2.58. The van der Waals surface area contributed by atoms with Gasteiger partial charge in [0, 0.05) is 17.3 Å². The van der Waals surface area contributed by atoms with E-state index in [1.54, 1.807) is 19.1 Å². The van der Waals surface area contributed by atoms with Gasteiger partial charge in [0.15, 0.2) is 5.78 Å². The summed E-state index contributed by atoms with van der Waals surface area (Å²) >= 11 is 0. The van der Waals surface area contributed by atoms with Crippen molar-refractivity contribution in [1.82, 2.24) is 0 Å². The van der Waals surface area contributed by atoms with Gasteiger partial charge in [0.05, 0.1) is 6.10 Å². The van der Waals surface area contributed by atoms with Gasteiger partial charge in [-0.05, 0) is 68.4 Å². The number of Topliss-reactive ketones (excluding diaryl/α,β-unsaturated/α-hetero) is 1. The van der Waals surface area contributed by atoms with Crippen molar-refractivity contribution in [3.63, 3.8) is 0 Å². The highest BCUT2D eigenvalue weighted by molar-refractivity contribution is 6.01. The van der Waals surface area contributed by atoms with Crippen LogP contribution in [-0.2, 0) is 9.59 Å². The lowest BCUT2D eigenvalue weighted by atomic mass is 9.46. The summed E-state index contributed by atoms with van der Waals surface area (Å²) in [6.07, 6.45) is 9.89. The molecule has 24 heavy (non-hydrogen) atoms. The Morgan fingerprint density at radius 2 is 2.00 bits per heavy atom. The summed E-state index contributed by atoms with van der Waals surface area (Å²) in [5.74, 6) is 1.61. The van der Waals surface area contributed by atoms with Gasteiger partial charge in [-0.2, -0.15) is 0 Å². The van der Waals surface area contributed by atoms with Crippen molar-refractivity contribution >= 4 is 11.6 Å². The molecule has 0 aliphatic heterocycles. The molecule has 3 nitrogen and oxygen atoms in total. The highest BCUT2D eigenvalue weighted by Crippen LogP contribution is 2.65. The molecule has 3 saturated carbocycles. The first kappa shape index (κ1) is 16.3. The molecule has 130 valence electrons. The highest BCUT2D eigenvalue weighted by atomic mass is 16.3. The largest absolute Gasteiger partial charge is 0.393 e. The van der Waals surface area contributed by atoms with Crippen molar-refractivity contribution in [1.29, 1.82) is 0 Å². The number of rotatable bonds is 1. The number of allylic oxidation sites excluding steroid dienone is 4. The third-order valence-electron chi connectivity index (χ3n) is 7.98. The Kier molecular flexibility index (Phi) is 3.48. The molecular weight excluding hydrogens is 300 g/mol. The Bertz CT molecular complexity index is 660. The number of aliphatic hydroxyl groups is 1. The molecule has 0 amide bonds. The quantitative estimate of drug-likeness (QED) is 0.802. The minimum absolute atomic E-state index is 0.0573. The Labute approximate surface area is 144 Å². The monoisotopic (exact) mass is 328 g/mol. The minimum atomic E-state index is -0.400. The first-order valence-corrected chi connectivity index (χ1v) is 9.40. The summed E-state index contributed by atoms with van der Waals surface area (Å²) in [6, 6.07) is 0. The molecule has 0 aromatic rings. The lowest BCUT2D eigenvalue weighted by molar-refractivity contribution is -0.137. The van der Waals surface area contributed by atoms with Crippen LogP contribution in [0.2, 0.25) is 0 Å². The summed E-state index contributed by atoms with van der Waals surface area (Å²) in [4.78, 5) is 24.0. The zero-order valence-corrected chi connectivity index (χ0v) is 14.9. The van der Waals surface area contributed by atoms with E-state index in [0.29, 0.717) is 18.3 Å². The van der Waals surface area contributed by atoms with Crippen LogP contribution in [0.15, 0.2) is 23.8 Å². The van der Waals surface area contributed by atoms with Gasteiger partial charge in [0.1, 0.15) is 5.78 Å². The van der Waals surface area contributed by atoms with Crippen LogP contribution in [0, 0.1) is 34.5 Å². The van der Waals surface area contributed by atoms with Gasteiger partial charge in [0.25, 0.3) is 0 Å². The average molecular weight is 328 g/mol. The van der Waals surface area contributed by atoms with Crippen LogP contribution in [0.5, 0.6) is 0 Å². The minimum Gasteiger partial charge on any atom is -0.393 e. The van der Waals surface area contributed by atoms with Crippen molar-refractivity contribution in [3.8, 4) is 0 Å². The van der Waals surface area contributed by atoms with Gasteiger partial charge in [-0.1, -0.05) is 25.5 Å². The van der Waals surface area contributed by atoms with Crippen LogP contribution in [0.4, 0.5) is 0 Å². The number of ketones is 2. The molecular formula is C21H28O3. The van der Waals surface area contributed by atoms with Crippen LogP contribution in [0.3, 0.4) is 0 Å². The molecule has 0 saturated heterocycles. The second-order valence-electron chi connectivity index (χ2n) is 9.04. The fraction of sp³-hybridized carbons (Fsp3) is 0.714. The van der Waals surface area contributed by atoms with E-state index < -0.39 is 6.10 Å². The predicted octanol–water partition coefficient (Wildman–Crippen LogP) is 3.47. The van der Waals surface area contributed by atoms with Crippen molar-refractivity contribution in [2.24, 2.45) is 34.5 Å². The molecule has 3 fully saturated rings. The van der Waals surface area contributed by atoms with E-state index in [1.807, 2.05) is 6.08 Å². The molecule has 3 heteroatoms. The number of aliphatic hydroxyl groups excluding tert-OH is 1. The van der Waals surface area contributed by atoms with E-state index in [0.717, 1.165) is 25.7 Å². The zero-order valence-electron chi connectivity index (χ0n) is 14.9. The van der Waals surface area contributed by atoms with Gasteiger partial charge >= 0.3 is 0 Å². The topological polar surface area (TPSA) is 54.4 Å². The van der Waals surface area contributed by atoms with Crippen LogP contribution in [-0.4, -0.2) is 22.8 Å². The van der Waals surface area contributed by atoms with Crippen molar-refractivity contribution in [2.75, 3.05) is 0 Å². The maximum Gasteiger partial charge on any atom is 0.178 e. The van der Waals surface area contributed by atoms with Gasteiger partial charge in [0.2, 0.25) is 0 Å². The Morgan fingerprint density at radius 3 is 2.71 bits per heavy atom. The van der Waals surface area contributed by atoms with Crippen LogP contribution >= 0.6 is 0 Å². The number of hydrogen-bond acceptors (Lipinski definition) is 3. The Morgan fingerprint density at radius 1 is 1.25 bits per heavy atom. The Hall–Kier alpha value is -1.22. The molecule has 0 radical (unpaired) electrons. The molecule has 4 aliphatic carbocycles. The van der Waals surface area contributed by atoms with Gasteiger partial charge < -0.3 is 5.11 Å². The van der Waals surface area contributed by atoms with Crippen LogP contribution in [0.25, 0.3) is 0 Å². The zero-order chi connectivity index (χ0) is 17.3. The van der Waals surface area contributed by atoms with Crippen molar-refractivity contribution < 1.29 is 14.7 Å². The van der Waals surface area contributed by atoms with E-state index in [4.69, 9.17) is 0 Å². The molecule has 0 aromatic heterocycles. The molecule has 0 spiro atoms. The summed E-state index contributed by atoms with van der Waals surface area (Å²) in [5, 5.41) is 11.1. The van der Waals surface area contributed by atoms with Gasteiger partial charge in [-0.15, -0.1) is 0 Å². The van der Waals surface area contributed by atoms with Crippen molar-refractivity contribution in [2.45, 2.75) is 59.0 Å². The smallest absolute Gasteiger partial charge is 0.178 e. The maximum absolute atomic E-state index is 12.2. The second kappa shape index (κ2) is 5.14. The number of carbonyl (C=O) groups excluding carboxylic acids is 2. The van der Waals surface area contributed by atoms with Crippen LogP contribution in [0.1, 0.15) is 52.9 Å². The molecule has 4 rings (SSSR count). The number of carbonyl (C=O) groups is 2. The van der Waals surface area contributed by atoms with Crippen LogP contribution < -0.4 is 0 Å². The summed E-state index contributed by atoms with van der Waals surface area (Å²) in [7, 11) is 0. The summed E-state index contributed by atoms with van der Waals surface area (Å²) in [6.45, 7) is 6.15. The third-order valence-corrected chi connectivity index (χ3v) is 7.98. The lowest BCUT2D eigenvalue weighted by Crippen LogP contribution is -2.56. The predicted molar refractivity (Wildman–Crippen MR) is 92.2 cm³/mol. The molecule has 1 N–H and O–H groups in total. The molecule has 4 aliphatic rings. The first-order valence-electron chi connectivity index (χ1n) is 9.40. The number of hydrogen-bond donors (Lipinski definition) is 1. The van der Waals surface area contributed by atoms with E-state index in [9.17, 15) is 14.7 Å². The normalized spacial score (nSPS) is 49.9. The van der Waals surface area contributed by atoms with E-state index in [-0.39, 0.29) is 34.2 Å². The third kappa shape index (κ3) is 2.00. The highest BCUT2D eigenvalue weighted by Gasteiger charge is 2.62. The molecule has 0 unspecified atom stereocenters. The standard InChI is InChI=1S/C21H28O3/c1-12(22)16-6-7-17-15-5-4-13-10-14(23)8-9-20(13,2)19(15)18(24)11-21(16,17)3/h8-10,15-19,24H,4-7,11H2,1-3H3/t15-,16-,17+,18+,19-,20-,21-/m0/s1. The van der Waals surface area contributed by atoms with Crippen molar-refractivity contribution in [3.05, 3.63) is 23.8 Å². The SMILES string of the molecule is CC(=O)[C@@H]1CC[C@@H]2[C@@H]3CCC4=CC(=O)C=C[C@]4(C)[C@@H]3[C@H](O)C[C@]21C. The van der Waals surface area contributed by atoms with E-state index in [1.165, 1.54) is 5.57 Å². The fourth-order valence-electron chi connectivity index (χ4n) is 6.99. The Balaban J connectivity index is 1.74. The first-order chi connectivity index (χ1) is 11.3.